The molecule has 2 atom stereocenters. The minimum Gasteiger partial charge on any atom is -0.459 e. The van der Waals surface area contributed by atoms with Gasteiger partial charge < -0.3 is 9.64 Å². The van der Waals surface area contributed by atoms with Gasteiger partial charge in [-0.1, -0.05) is 30.3 Å². The number of rotatable bonds is 3. The molecule has 0 radical (unpaired) electrons. The summed E-state index contributed by atoms with van der Waals surface area (Å²) >= 11 is 5.85. The van der Waals surface area contributed by atoms with E-state index in [1.54, 1.807) is 24.3 Å². The number of piperidine rings is 1. The minimum atomic E-state index is -0.314. The molecule has 2 aliphatic rings. The number of ether oxygens (including phenoxy) is 1. The van der Waals surface area contributed by atoms with Gasteiger partial charge in [-0.3, -0.25) is 0 Å². The maximum atomic E-state index is 12.2. The first-order valence-electron chi connectivity index (χ1n) is 7.42. The van der Waals surface area contributed by atoms with Crippen molar-refractivity contribution in [2.75, 3.05) is 7.05 Å². The van der Waals surface area contributed by atoms with Gasteiger partial charge in [-0.2, -0.15) is 0 Å². The summed E-state index contributed by atoms with van der Waals surface area (Å²) < 4.78 is 5.67. The highest BCUT2D eigenvalue weighted by Gasteiger charge is 2.39. The number of halogens is 1. The number of nitrogens with zero attached hydrogens (tertiary/aromatic N) is 1. The molecule has 2 saturated heterocycles. The Morgan fingerprint density at radius 2 is 1.81 bits per heavy atom. The van der Waals surface area contributed by atoms with E-state index >= 15 is 0 Å². The molecule has 2 aliphatic heterocycles. The Labute approximate surface area is 130 Å². The average Bonchev–Trinajstić information content (AvgIpc) is 2.69. The van der Waals surface area contributed by atoms with Crippen molar-refractivity contribution in [1.82, 2.24) is 4.90 Å². The third-order valence-electron chi connectivity index (χ3n) is 4.77. The van der Waals surface area contributed by atoms with Gasteiger partial charge in [0.2, 0.25) is 0 Å². The molecule has 0 amide bonds. The molecule has 1 aromatic carbocycles. The van der Waals surface area contributed by atoms with Gasteiger partial charge in [-0.25, -0.2) is 4.79 Å². The van der Waals surface area contributed by atoms with Crippen LogP contribution >= 0.6 is 11.6 Å². The van der Waals surface area contributed by atoms with E-state index in [0.717, 1.165) is 18.4 Å². The highest BCUT2D eigenvalue weighted by Crippen LogP contribution is 2.35. The summed E-state index contributed by atoms with van der Waals surface area (Å²) in [5.74, 6) is -0.314. The monoisotopic (exact) mass is 305 g/mol. The van der Waals surface area contributed by atoms with Gasteiger partial charge in [0.1, 0.15) is 6.10 Å². The molecule has 0 aromatic heterocycles. The third-order valence-corrected chi connectivity index (χ3v) is 5.02. The average molecular weight is 306 g/mol. The largest absolute Gasteiger partial charge is 0.459 e. The topological polar surface area (TPSA) is 29.5 Å². The van der Waals surface area contributed by atoms with Gasteiger partial charge in [0, 0.05) is 29.9 Å². The van der Waals surface area contributed by atoms with E-state index in [1.807, 2.05) is 0 Å². The van der Waals surface area contributed by atoms with Crippen molar-refractivity contribution >= 4 is 23.1 Å². The normalized spacial score (nSPS) is 28.4. The van der Waals surface area contributed by atoms with E-state index in [1.165, 1.54) is 12.8 Å². The van der Waals surface area contributed by atoms with E-state index in [4.69, 9.17) is 16.3 Å². The van der Waals surface area contributed by atoms with Crippen LogP contribution in [0, 0.1) is 0 Å². The van der Waals surface area contributed by atoms with Crippen molar-refractivity contribution in [3.05, 3.63) is 41.4 Å². The van der Waals surface area contributed by atoms with Crippen LogP contribution in [-0.4, -0.2) is 36.1 Å². The fourth-order valence-electron chi connectivity index (χ4n) is 3.45. The van der Waals surface area contributed by atoms with Crippen LogP contribution in [0.2, 0.25) is 5.02 Å². The van der Waals surface area contributed by atoms with Crippen molar-refractivity contribution in [3.8, 4) is 0 Å². The van der Waals surface area contributed by atoms with Gasteiger partial charge in [-0.15, -0.1) is 0 Å². The van der Waals surface area contributed by atoms with Crippen LogP contribution in [-0.2, 0) is 9.53 Å². The molecule has 0 N–H and O–H groups in total. The highest BCUT2D eigenvalue weighted by molar-refractivity contribution is 6.30. The lowest BCUT2D eigenvalue weighted by Gasteiger charge is -2.35. The Morgan fingerprint density at radius 3 is 2.38 bits per heavy atom. The lowest BCUT2D eigenvalue weighted by Crippen LogP contribution is -2.43. The molecule has 2 unspecified atom stereocenters. The van der Waals surface area contributed by atoms with Crippen molar-refractivity contribution < 1.29 is 9.53 Å². The number of hydrogen-bond donors (Lipinski definition) is 0. The molecule has 4 heteroatoms. The summed E-state index contributed by atoms with van der Waals surface area (Å²) in [5, 5.41) is 0.645. The van der Waals surface area contributed by atoms with Gasteiger partial charge in [0.25, 0.3) is 0 Å². The van der Waals surface area contributed by atoms with Crippen molar-refractivity contribution in [2.45, 2.75) is 43.9 Å². The van der Waals surface area contributed by atoms with Crippen molar-refractivity contribution in [2.24, 2.45) is 0 Å². The number of benzene rings is 1. The van der Waals surface area contributed by atoms with Crippen LogP contribution in [0.25, 0.3) is 5.57 Å². The molecule has 3 rings (SSSR count). The lowest BCUT2D eigenvalue weighted by molar-refractivity contribution is -0.145. The molecular formula is C17H20ClNO2. The predicted octanol–water partition coefficient (Wildman–Crippen LogP) is 3.52. The molecule has 0 saturated carbocycles. The quantitative estimate of drug-likeness (QED) is 0.632. The first kappa shape index (κ1) is 14.6. The summed E-state index contributed by atoms with van der Waals surface area (Å²) in [4.78, 5) is 14.7. The summed E-state index contributed by atoms with van der Waals surface area (Å²) in [6, 6.07) is 8.22. The molecule has 0 aliphatic carbocycles. The zero-order valence-electron chi connectivity index (χ0n) is 12.2. The van der Waals surface area contributed by atoms with Crippen LogP contribution in [0.3, 0.4) is 0 Å². The van der Waals surface area contributed by atoms with E-state index in [9.17, 15) is 4.79 Å². The Kier molecular flexibility index (Phi) is 4.05. The van der Waals surface area contributed by atoms with Crippen LogP contribution in [0.1, 0.15) is 31.2 Å². The fourth-order valence-corrected chi connectivity index (χ4v) is 3.58. The molecule has 21 heavy (non-hydrogen) atoms. The maximum absolute atomic E-state index is 12.2. The summed E-state index contributed by atoms with van der Waals surface area (Å²) in [6.45, 7) is 3.86. The van der Waals surface area contributed by atoms with E-state index in [-0.39, 0.29) is 12.1 Å². The Balaban J connectivity index is 1.61. The van der Waals surface area contributed by atoms with Gasteiger partial charge in [0.05, 0.1) is 5.57 Å². The van der Waals surface area contributed by atoms with Gasteiger partial charge in [0.15, 0.2) is 0 Å². The smallest absolute Gasteiger partial charge is 0.338 e. The van der Waals surface area contributed by atoms with Gasteiger partial charge >= 0.3 is 5.97 Å². The third kappa shape index (κ3) is 2.99. The van der Waals surface area contributed by atoms with Gasteiger partial charge in [-0.05, 0) is 37.6 Å². The second kappa shape index (κ2) is 5.82. The maximum Gasteiger partial charge on any atom is 0.338 e. The van der Waals surface area contributed by atoms with Crippen molar-refractivity contribution in [1.29, 1.82) is 0 Å². The molecule has 0 spiro atoms. The number of hydrogen-bond acceptors (Lipinski definition) is 3. The first-order valence-corrected chi connectivity index (χ1v) is 7.80. The fraction of sp³-hybridized carbons (Fsp3) is 0.471. The summed E-state index contributed by atoms with van der Waals surface area (Å²) in [7, 11) is 2.17. The predicted molar refractivity (Wildman–Crippen MR) is 84.2 cm³/mol. The number of carbonyl (C=O) groups is 1. The second-order valence-corrected chi connectivity index (χ2v) is 6.47. The Hall–Kier alpha value is -1.32. The second-order valence-electron chi connectivity index (χ2n) is 6.03. The molecule has 3 nitrogen and oxygen atoms in total. The molecule has 1 aromatic rings. The molecule has 2 bridgehead atoms. The first-order chi connectivity index (χ1) is 10.0. The van der Waals surface area contributed by atoms with Crippen LogP contribution < -0.4 is 0 Å². The number of fused-ring (bicyclic) bond motifs is 2. The molecule has 2 fully saturated rings. The van der Waals surface area contributed by atoms with Crippen LogP contribution in [0.5, 0.6) is 0 Å². The molecule has 112 valence electrons. The Bertz CT molecular complexity index is 540. The van der Waals surface area contributed by atoms with E-state index in [2.05, 4.69) is 18.5 Å². The zero-order valence-corrected chi connectivity index (χ0v) is 13.0. The molecule has 2 heterocycles. The summed E-state index contributed by atoms with van der Waals surface area (Å²) in [5.41, 5.74) is 1.17. The number of esters is 1. The highest BCUT2D eigenvalue weighted by atomic mass is 35.5. The Morgan fingerprint density at radius 1 is 1.24 bits per heavy atom. The van der Waals surface area contributed by atoms with E-state index < -0.39 is 0 Å². The minimum absolute atomic E-state index is 0.0234. The van der Waals surface area contributed by atoms with Crippen LogP contribution in [0.15, 0.2) is 30.8 Å². The lowest BCUT2D eigenvalue weighted by atomic mass is 10.0. The zero-order chi connectivity index (χ0) is 15.0. The van der Waals surface area contributed by atoms with Crippen LogP contribution in [0.4, 0.5) is 0 Å². The standard InChI is InChI=1S/C17H20ClNO2/c1-11(12-3-5-13(18)6-4-12)17(20)21-16-9-14-7-8-15(10-16)19(14)2/h3-6,14-16H,1,7-10H2,2H3. The molecular weight excluding hydrogens is 286 g/mol. The summed E-state index contributed by atoms with van der Waals surface area (Å²) in [6.07, 6.45) is 4.33. The van der Waals surface area contributed by atoms with Crippen molar-refractivity contribution in [3.63, 3.8) is 0 Å². The number of carbonyl (C=O) groups excluding carboxylic acids is 1. The van der Waals surface area contributed by atoms with E-state index in [0.29, 0.717) is 22.7 Å². The SMILES string of the molecule is C=C(C(=O)OC1CC2CCC(C1)N2C)c1ccc(Cl)cc1.